The summed E-state index contributed by atoms with van der Waals surface area (Å²) >= 11 is 0. The number of imidazole rings is 1. The van der Waals surface area contributed by atoms with Gasteiger partial charge in [-0.2, -0.15) is 0 Å². The Balaban J connectivity index is 1.99. The van der Waals surface area contributed by atoms with Gasteiger partial charge in [0.1, 0.15) is 30.2 Å². The number of ether oxygens (including phenoxy) is 1. The number of nitrogens with zero attached hydrogens (tertiary/aromatic N) is 5. The Hall–Kier alpha value is -1.65. The zero-order valence-electron chi connectivity index (χ0n) is 12.4. The van der Waals surface area contributed by atoms with Crippen molar-refractivity contribution in [2.45, 2.75) is 31.1 Å². The molecule has 9 nitrogen and oxygen atoms in total. The number of fused-ring (bicyclic) bond motifs is 1. The average Bonchev–Trinajstić information content (AvgIpc) is 3.02. The lowest BCUT2D eigenvalue weighted by Crippen LogP contribution is -2.33. The van der Waals surface area contributed by atoms with Crippen LogP contribution in [0.15, 0.2) is 12.7 Å². The smallest absolute Gasteiger partial charge is 0.165 e. The summed E-state index contributed by atoms with van der Waals surface area (Å²) in [5, 5.41) is 29.2. The predicted molar refractivity (Wildman–Crippen MR) is 75.7 cm³/mol. The molecule has 2 aromatic heterocycles. The van der Waals surface area contributed by atoms with Crippen LogP contribution < -0.4 is 0 Å². The van der Waals surface area contributed by atoms with Crippen LogP contribution in [0.2, 0.25) is 0 Å². The van der Waals surface area contributed by atoms with Crippen LogP contribution in [0, 0.1) is 0 Å². The maximum Gasteiger partial charge on any atom is 0.165 e. The Bertz CT molecular complexity index is 661. The summed E-state index contributed by atoms with van der Waals surface area (Å²) in [7, 11) is 3.86. The van der Waals surface area contributed by atoms with Gasteiger partial charge in [-0.1, -0.05) is 0 Å². The standard InChI is InChI=1S/C13H19N5O4/c1-17(2)3-7-9-12(15-5-14-7)18(6-16-9)13-11(21)10(20)8(4-19)22-13/h5-6,8,10-11,13,19-21H,3-4H2,1-2H3/t8-,10-,11-,13-/m1/s1. The molecule has 3 rings (SSSR count). The van der Waals surface area contributed by atoms with Crippen LogP contribution in [0.3, 0.4) is 0 Å². The van der Waals surface area contributed by atoms with Gasteiger partial charge in [0.25, 0.3) is 0 Å². The van der Waals surface area contributed by atoms with Gasteiger partial charge in [-0.05, 0) is 14.1 Å². The minimum atomic E-state index is -1.16. The number of aliphatic hydroxyl groups is 3. The Morgan fingerprint density at radius 1 is 1.23 bits per heavy atom. The summed E-state index contributed by atoms with van der Waals surface area (Å²) in [4.78, 5) is 14.7. The molecule has 120 valence electrons. The molecular weight excluding hydrogens is 290 g/mol. The molecule has 3 N–H and O–H groups in total. The van der Waals surface area contributed by atoms with E-state index < -0.39 is 24.5 Å². The molecule has 22 heavy (non-hydrogen) atoms. The van der Waals surface area contributed by atoms with Crippen molar-refractivity contribution in [2.24, 2.45) is 0 Å². The number of hydrogen-bond acceptors (Lipinski definition) is 8. The second-order valence-electron chi connectivity index (χ2n) is 5.61. The van der Waals surface area contributed by atoms with Crippen molar-refractivity contribution >= 4 is 11.2 Å². The second kappa shape index (κ2) is 5.86. The Morgan fingerprint density at radius 3 is 2.64 bits per heavy atom. The molecular formula is C13H19N5O4. The summed E-state index contributed by atoms with van der Waals surface area (Å²) < 4.78 is 7.07. The number of rotatable bonds is 4. The molecule has 9 heteroatoms. The molecule has 1 aliphatic heterocycles. The van der Waals surface area contributed by atoms with Gasteiger partial charge in [0.05, 0.1) is 18.6 Å². The van der Waals surface area contributed by atoms with Crippen LogP contribution in [0.4, 0.5) is 0 Å². The van der Waals surface area contributed by atoms with Crippen LogP contribution in [0.5, 0.6) is 0 Å². The van der Waals surface area contributed by atoms with Crippen LogP contribution >= 0.6 is 0 Å². The number of aromatic nitrogens is 4. The topological polar surface area (TPSA) is 117 Å². The van der Waals surface area contributed by atoms with Crippen molar-refractivity contribution in [3.63, 3.8) is 0 Å². The van der Waals surface area contributed by atoms with E-state index in [0.29, 0.717) is 17.7 Å². The van der Waals surface area contributed by atoms with Gasteiger partial charge in [-0.25, -0.2) is 15.0 Å². The quantitative estimate of drug-likeness (QED) is 0.625. The highest BCUT2D eigenvalue weighted by Crippen LogP contribution is 2.31. The van der Waals surface area contributed by atoms with Gasteiger partial charge in [-0.3, -0.25) is 4.57 Å². The summed E-state index contributed by atoms with van der Waals surface area (Å²) in [6, 6.07) is 0. The summed E-state index contributed by atoms with van der Waals surface area (Å²) in [5.41, 5.74) is 1.90. The van der Waals surface area contributed by atoms with Gasteiger partial charge >= 0.3 is 0 Å². The highest BCUT2D eigenvalue weighted by molar-refractivity contribution is 5.73. The monoisotopic (exact) mass is 309 g/mol. The van der Waals surface area contributed by atoms with E-state index in [0.717, 1.165) is 5.69 Å². The SMILES string of the molecule is CN(C)Cc1ncnc2c1ncn2[C@@H]1O[C@H](CO)[C@@H](O)[C@H]1O. The minimum absolute atomic E-state index is 0.373. The molecule has 3 heterocycles. The van der Waals surface area contributed by atoms with Gasteiger partial charge in [0.2, 0.25) is 0 Å². The first kappa shape index (κ1) is 15.3. The molecule has 1 saturated heterocycles. The normalized spacial score (nSPS) is 28.8. The van der Waals surface area contributed by atoms with Gasteiger partial charge in [-0.15, -0.1) is 0 Å². The van der Waals surface area contributed by atoms with Crippen molar-refractivity contribution < 1.29 is 20.1 Å². The molecule has 0 aliphatic carbocycles. The first-order chi connectivity index (χ1) is 10.5. The lowest BCUT2D eigenvalue weighted by Gasteiger charge is -2.16. The van der Waals surface area contributed by atoms with Crippen molar-refractivity contribution in [2.75, 3.05) is 20.7 Å². The first-order valence-electron chi connectivity index (χ1n) is 6.96. The van der Waals surface area contributed by atoms with E-state index >= 15 is 0 Å². The fourth-order valence-electron chi connectivity index (χ4n) is 2.61. The summed E-state index contributed by atoms with van der Waals surface area (Å²) in [6.07, 6.45) is -1.07. The average molecular weight is 309 g/mol. The van der Waals surface area contributed by atoms with Crippen molar-refractivity contribution in [1.82, 2.24) is 24.4 Å². The minimum Gasteiger partial charge on any atom is -0.394 e. The van der Waals surface area contributed by atoms with Gasteiger partial charge < -0.3 is 25.0 Å². The summed E-state index contributed by atoms with van der Waals surface area (Å²) in [6.45, 7) is 0.230. The van der Waals surface area contributed by atoms with E-state index in [1.165, 1.54) is 12.7 Å². The lowest BCUT2D eigenvalue weighted by atomic mass is 10.1. The highest BCUT2D eigenvalue weighted by atomic mass is 16.6. The van der Waals surface area contributed by atoms with Crippen molar-refractivity contribution in [3.8, 4) is 0 Å². The maximum atomic E-state index is 10.1. The predicted octanol–water partition coefficient (Wildman–Crippen LogP) is -1.50. The molecule has 0 spiro atoms. The van der Waals surface area contributed by atoms with E-state index in [1.807, 2.05) is 19.0 Å². The molecule has 0 saturated carbocycles. The van der Waals surface area contributed by atoms with Crippen LogP contribution in [0.1, 0.15) is 11.9 Å². The fraction of sp³-hybridized carbons (Fsp3) is 0.615. The van der Waals surface area contributed by atoms with E-state index in [9.17, 15) is 15.3 Å². The van der Waals surface area contributed by atoms with Crippen molar-refractivity contribution in [1.29, 1.82) is 0 Å². The van der Waals surface area contributed by atoms with Gasteiger partial charge in [0.15, 0.2) is 11.9 Å². The fourth-order valence-corrected chi connectivity index (χ4v) is 2.61. The van der Waals surface area contributed by atoms with E-state index in [-0.39, 0.29) is 6.61 Å². The Morgan fingerprint density at radius 2 is 2.00 bits per heavy atom. The molecule has 0 unspecified atom stereocenters. The molecule has 1 fully saturated rings. The van der Waals surface area contributed by atoms with E-state index in [4.69, 9.17) is 4.74 Å². The lowest BCUT2D eigenvalue weighted by molar-refractivity contribution is -0.0511. The molecule has 1 aliphatic rings. The second-order valence-corrected chi connectivity index (χ2v) is 5.61. The number of hydrogen-bond donors (Lipinski definition) is 3. The van der Waals surface area contributed by atoms with Crippen molar-refractivity contribution in [3.05, 3.63) is 18.3 Å². The molecule has 0 bridgehead atoms. The zero-order valence-corrected chi connectivity index (χ0v) is 12.4. The largest absolute Gasteiger partial charge is 0.394 e. The Kier molecular flexibility index (Phi) is 4.06. The third-order valence-corrected chi connectivity index (χ3v) is 3.69. The zero-order chi connectivity index (χ0) is 15.9. The van der Waals surface area contributed by atoms with E-state index in [2.05, 4.69) is 15.0 Å². The molecule has 0 amide bonds. The molecule has 4 atom stereocenters. The molecule has 0 radical (unpaired) electrons. The third kappa shape index (κ3) is 2.46. The van der Waals surface area contributed by atoms with Crippen LogP contribution in [-0.2, 0) is 11.3 Å². The van der Waals surface area contributed by atoms with E-state index in [1.54, 1.807) is 4.57 Å². The third-order valence-electron chi connectivity index (χ3n) is 3.69. The highest BCUT2D eigenvalue weighted by Gasteiger charge is 2.43. The van der Waals surface area contributed by atoms with Gasteiger partial charge in [0, 0.05) is 6.54 Å². The van der Waals surface area contributed by atoms with Crippen LogP contribution in [-0.4, -0.2) is 78.8 Å². The first-order valence-corrected chi connectivity index (χ1v) is 6.96. The van der Waals surface area contributed by atoms with Crippen LogP contribution in [0.25, 0.3) is 11.2 Å². The Labute approximate surface area is 126 Å². The molecule has 0 aromatic carbocycles. The summed E-state index contributed by atoms with van der Waals surface area (Å²) in [5.74, 6) is 0. The maximum absolute atomic E-state index is 10.1. The molecule has 2 aromatic rings. The number of aliphatic hydroxyl groups excluding tert-OH is 3.